The fourth-order valence-electron chi connectivity index (χ4n) is 5.65. The van der Waals surface area contributed by atoms with Gasteiger partial charge in [0.2, 0.25) is 0 Å². The predicted octanol–water partition coefficient (Wildman–Crippen LogP) is 6.26. The van der Waals surface area contributed by atoms with Crippen LogP contribution in [-0.2, 0) is 10.2 Å². The molecule has 34 heavy (non-hydrogen) atoms. The molecule has 3 aliphatic carbocycles. The van der Waals surface area contributed by atoms with Gasteiger partial charge in [-0.3, -0.25) is 9.97 Å². The summed E-state index contributed by atoms with van der Waals surface area (Å²) in [5.74, 6) is 0. The molecule has 1 saturated heterocycles. The molecule has 7 rings (SSSR count). The Balaban J connectivity index is 0.000000159. The zero-order chi connectivity index (χ0) is 24.1. The lowest BCUT2D eigenvalue weighted by atomic mass is 9.34. The number of ether oxygens (including phenoxy) is 1. The quantitative estimate of drug-likeness (QED) is 0.443. The number of hydrogen-bond donors (Lipinski definition) is 0. The van der Waals surface area contributed by atoms with Crippen LogP contribution in [0.2, 0.25) is 0 Å². The molecule has 0 unspecified atom stereocenters. The first-order valence-electron chi connectivity index (χ1n) is 11.8. The number of aromatic nitrogens is 4. The second-order valence-corrected chi connectivity index (χ2v) is 10.1. The number of fused-ring (bicyclic) bond motifs is 1. The van der Waals surface area contributed by atoms with E-state index < -0.39 is 17.0 Å². The van der Waals surface area contributed by atoms with E-state index in [4.69, 9.17) is 4.74 Å². The Kier molecular flexibility index (Phi) is 5.62. The van der Waals surface area contributed by atoms with Crippen LogP contribution in [0.4, 0.5) is 13.2 Å². The maximum absolute atomic E-state index is 13.0. The topological polar surface area (TPSA) is 60.8 Å². The third kappa shape index (κ3) is 3.85. The fourth-order valence-corrected chi connectivity index (χ4v) is 5.65. The van der Waals surface area contributed by atoms with E-state index in [-0.39, 0.29) is 19.3 Å². The molecule has 180 valence electrons. The summed E-state index contributed by atoms with van der Waals surface area (Å²) in [6, 6.07) is 5.95. The molecule has 1 aliphatic heterocycles. The van der Waals surface area contributed by atoms with Gasteiger partial charge in [-0.05, 0) is 83.1 Å². The Bertz CT molecular complexity index is 1200. The highest BCUT2D eigenvalue weighted by atomic mass is 19.4. The molecule has 3 aromatic rings. The number of nitrogens with zero attached hydrogens (tertiary/aromatic N) is 4. The minimum atomic E-state index is -4.10. The SMILES string of the molecule is Cc1cc([C@H]2CCCCO2)ccn1.Cc1nc2ccnc(C34CC(C(F)(F)F)(C3)C4)c2nc1C. The van der Waals surface area contributed by atoms with E-state index in [9.17, 15) is 13.2 Å². The van der Waals surface area contributed by atoms with Gasteiger partial charge in [0.25, 0.3) is 0 Å². The second-order valence-electron chi connectivity index (χ2n) is 10.1. The molecular formula is C26H29F3N4O. The summed E-state index contributed by atoms with van der Waals surface area (Å²) < 4.78 is 44.7. The first kappa shape index (κ1) is 23.1. The summed E-state index contributed by atoms with van der Waals surface area (Å²) in [7, 11) is 0. The molecule has 4 fully saturated rings. The third-order valence-electron chi connectivity index (χ3n) is 7.60. The van der Waals surface area contributed by atoms with E-state index in [2.05, 4.69) is 32.1 Å². The summed E-state index contributed by atoms with van der Waals surface area (Å²) in [5, 5.41) is 0. The maximum atomic E-state index is 13.0. The zero-order valence-electron chi connectivity index (χ0n) is 19.7. The summed E-state index contributed by atoms with van der Waals surface area (Å²) in [4.78, 5) is 17.5. The molecule has 2 bridgehead atoms. The molecule has 0 amide bonds. The van der Waals surface area contributed by atoms with Gasteiger partial charge in [0.05, 0.1) is 34.1 Å². The van der Waals surface area contributed by atoms with Gasteiger partial charge in [-0.25, -0.2) is 9.97 Å². The van der Waals surface area contributed by atoms with Gasteiger partial charge in [0.15, 0.2) is 0 Å². The van der Waals surface area contributed by atoms with Gasteiger partial charge >= 0.3 is 6.18 Å². The highest BCUT2D eigenvalue weighted by molar-refractivity contribution is 5.78. The Morgan fingerprint density at radius 2 is 1.65 bits per heavy atom. The van der Waals surface area contributed by atoms with Crippen LogP contribution in [0.15, 0.2) is 30.6 Å². The van der Waals surface area contributed by atoms with Gasteiger partial charge in [-0.2, -0.15) is 13.2 Å². The Labute approximate surface area is 197 Å². The lowest BCUT2D eigenvalue weighted by molar-refractivity contribution is -0.337. The van der Waals surface area contributed by atoms with Crippen LogP contribution < -0.4 is 0 Å². The number of rotatable bonds is 2. The van der Waals surface area contributed by atoms with Crippen molar-refractivity contribution in [1.29, 1.82) is 0 Å². The smallest absolute Gasteiger partial charge is 0.374 e. The molecule has 0 aromatic carbocycles. The van der Waals surface area contributed by atoms with Crippen LogP contribution in [0, 0.1) is 26.2 Å². The number of pyridine rings is 2. The van der Waals surface area contributed by atoms with E-state index in [1.807, 2.05) is 27.0 Å². The lowest BCUT2D eigenvalue weighted by Crippen LogP contribution is -2.70. The van der Waals surface area contributed by atoms with Crippen LogP contribution in [0.5, 0.6) is 0 Å². The van der Waals surface area contributed by atoms with Gasteiger partial charge in [-0.15, -0.1) is 0 Å². The molecule has 5 nitrogen and oxygen atoms in total. The van der Waals surface area contributed by atoms with Gasteiger partial charge in [-0.1, -0.05) is 0 Å². The molecular weight excluding hydrogens is 441 g/mol. The van der Waals surface area contributed by atoms with Crippen molar-refractivity contribution < 1.29 is 17.9 Å². The minimum absolute atomic E-state index is 0.143. The molecule has 4 aliphatic rings. The summed E-state index contributed by atoms with van der Waals surface area (Å²) >= 11 is 0. The first-order valence-corrected chi connectivity index (χ1v) is 11.8. The molecule has 1 atom stereocenters. The predicted molar refractivity (Wildman–Crippen MR) is 122 cm³/mol. The highest BCUT2D eigenvalue weighted by Gasteiger charge is 2.79. The van der Waals surface area contributed by atoms with E-state index in [0.29, 0.717) is 22.8 Å². The van der Waals surface area contributed by atoms with Gasteiger partial charge in [0, 0.05) is 30.1 Å². The Morgan fingerprint density at radius 3 is 2.29 bits per heavy atom. The van der Waals surface area contributed by atoms with Crippen molar-refractivity contribution >= 4 is 11.0 Å². The van der Waals surface area contributed by atoms with Crippen molar-refractivity contribution in [1.82, 2.24) is 19.9 Å². The molecule has 0 radical (unpaired) electrons. The number of alkyl halides is 3. The van der Waals surface area contributed by atoms with E-state index >= 15 is 0 Å². The third-order valence-corrected chi connectivity index (χ3v) is 7.60. The van der Waals surface area contributed by atoms with E-state index in [0.717, 1.165) is 30.1 Å². The number of hydrogen-bond acceptors (Lipinski definition) is 5. The van der Waals surface area contributed by atoms with Crippen LogP contribution in [0.25, 0.3) is 11.0 Å². The van der Waals surface area contributed by atoms with Gasteiger partial charge < -0.3 is 4.74 Å². The van der Waals surface area contributed by atoms with Crippen molar-refractivity contribution in [2.24, 2.45) is 5.41 Å². The Morgan fingerprint density at radius 1 is 0.941 bits per heavy atom. The molecule has 4 heterocycles. The average molecular weight is 471 g/mol. The summed E-state index contributed by atoms with van der Waals surface area (Å²) in [6.45, 7) is 6.66. The monoisotopic (exact) mass is 470 g/mol. The van der Waals surface area contributed by atoms with Crippen molar-refractivity contribution in [2.75, 3.05) is 6.61 Å². The zero-order valence-corrected chi connectivity index (χ0v) is 19.7. The van der Waals surface area contributed by atoms with Crippen LogP contribution in [0.3, 0.4) is 0 Å². The number of halogens is 3. The average Bonchev–Trinajstić information content (AvgIpc) is 2.73. The standard InChI is InChI=1S/C15H14F3N3.C11H15NO/c1-8-9(2)21-11-10(20-8)3-4-19-12(11)13-5-14(6-13,7-13)15(16,17)18;1-9-8-10(5-6-12-9)11-4-2-3-7-13-11/h3-4H,5-7H2,1-2H3;5-6,8,11H,2-4,7H2,1H3/t;11-/m.1/s1. The van der Waals surface area contributed by atoms with Gasteiger partial charge in [0.1, 0.15) is 5.52 Å². The molecule has 3 aromatic heterocycles. The summed E-state index contributed by atoms with van der Waals surface area (Å²) in [5.41, 5.74) is 4.17. The van der Waals surface area contributed by atoms with Crippen LogP contribution in [0.1, 0.15) is 73.0 Å². The molecule has 3 saturated carbocycles. The van der Waals surface area contributed by atoms with E-state index in [1.54, 1.807) is 12.3 Å². The Hall–Kier alpha value is -2.61. The first-order chi connectivity index (χ1) is 16.1. The molecule has 0 N–H and O–H groups in total. The van der Waals surface area contributed by atoms with Crippen molar-refractivity contribution in [3.63, 3.8) is 0 Å². The lowest BCUT2D eigenvalue weighted by Gasteiger charge is -2.70. The van der Waals surface area contributed by atoms with Crippen molar-refractivity contribution in [3.05, 3.63) is 58.9 Å². The molecule has 8 heteroatoms. The van der Waals surface area contributed by atoms with Crippen LogP contribution >= 0.6 is 0 Å². The largest absolute Gasteiger partial charge is 0.394 e. The normalized spacial score (nSPS) is 27.9. The molecule has 0 spiro atoms. The number of aryl methyl sites for hydroxylation is 3. The fraction of sp³-hybridized carbons (Fsp3) is 0.538. The van der Waals surface area contributed by atoms with Crippen molar-refractivity contribution in [3.8, 4) is 0 Å². The van der Waals surface area contributed by atoms with E-state index in [1.165, 1.54) is 18.4 Å². The minimum Gasteiger partial charge on any atom is -0.374 e. The maximum Gasteiger partial charge on any atom is 0.394 e. The summed E-state index contributed by atoms with van der Waals surface area (Å²) in [6.07, 6.45) is 3.78. The van der Waals surface area contributed by atoms with Crippen molar-refractivity contribution in [2.45, 2.75) is 77.0 Å². The highest BCUT2D eigenvalue weighted by Crippen LogP contribution is 2.78. The van der Waals surface area contributed by atoms with Crippen LogP contribution in [-0.4, -0.2) is 32.7 Å². The second kappa shape index (κ2) is 8.26.